The van der Waals surface area contributed by atoms with Crippen molar-refractivity contribution in [2.24, 2.45) is 17.8 Å². The number of fused-ring (bicyclic) bond motifs is 2. The van der Waals surface area contributed by atoms with Gasteiger partial charge in [0, 0.05) is 38.4 Å². The number of likely N-dealkylation sites (tertiary alicyclic amines) is 1. The van der Waals surface area contributed by atoms with Crippen molar-refractivity contribution in [3.8, 4) is 0 Å². The SMILES string of the molecule is CN(C[C@@H]1C2CN(C(=O)c3ccccc3)C[C@H]21)c1ncnc2[nH]ccc12. The number of aromatic amines is 1. The lowest BCUT2D eigenvalue weighted by Crippen LogP contribution is -2.33. The molecule has 2 aliphatic rings. The van der Waals surface area contributed by atoms with Crippen LogP contribution in [0.25, 0.3) is 11.0 Å². The van der Waals surface area contributed by atoms with Crippen molar-refractivity contribution in [1.82, 2.24) is 19.9 Å². The predicted octanol–water partition coefficient (Wildman–Crippen LogP) is 2.41. The van der Waals surface area contributed by atoms with Gasteiger partial charge in [0.2, 0.25) is 0 Å². The average Bonchev–Trinajstić information content (AvgIpc) is 3.08. The molecule has 1 aliphatic carbocycles. The number of hydrogen-bond acceptors (Lipinski definition) is 4. The van der Waals surface area contributed by atoms with Crippen molar-refractivity contribution in [2.45, 2.75) is 0 Å². The largest absolute Gasteiger partial charge is 0.359 e. The van der Waals surface area contributed by atoms with Gasteiger partial charge in [-0.25, -0.2) is 9.97 Å². The van der Waals surface area contributed by atoms with Crippen LogP contribution in [0.1, 0.15) is 10.4 Å². The maximum absolute atomic E-state index is 12.6. The maximum Gasteiger partial charge on any atom is 0.253 e. The van der Waals surface area contributed by atoms with Crippen molar-refractivity contribution in [2.75, 3.05) is 31.6 Å². The molecule has 1 saturated heterocycles. The Balaban J connectivity index is 1.23. The maximum atomic E-state index is 12.6. The molecule has 1 N–H and O–H groups in total. The third-order valence-corrected chi connectivity index (χ3v) is 5.86. The van der Waals surface area contributed by atoms with Gasteiger partial charge in [-0.1, -0.05) is 18.2 Å². The second-order valence-corrected chi connectivity index (χ2v) is 7.39. The second-order valence-electron chi connectivity index (χ2n) is 7.39. The van der Waals surface area contributed by atoms with Gasteiger partial charge in [-0.3, -0.25) is 4.79 Å². The Kier molecular flexibility index (Phi) is 3.45. The lowest BCUT2D eigenvalue weighted by Gasteiger charge is -2.23. The van der Waals surface area contributed by atoms with Crippen LogP contribution in [0.5, 0.6) is 0 Å². The number of aromatic nitrogens is 3. The van der Waals surface area contributed by atoms with E-state index in [0.29, 0.717) is 17.8 Å². The van der Waals surface area contributed by atoms with Crippen LogP contribution in [-0.4, -0.2) is 52.4 Å². The van der Waals surface area contributed by atoms with Gasteiger partial charge < -0.3 is 14.8 Å². The van der Waals surface area contributed by atoms with Gasteiger partial charge in [-0.2, -0.15) is 0 Å². The van der Waals surface area contributed by atoms with Crippen molar-refractivity contribution >= 4 is 22.8 Å². The Morgan fingerprint density at radius 3 is 2.73 bits per heavy atom. The van der Waals surface area contributed by atoms with E-state index in [0.717, 1.165) is 42.0 Å². The van der Waals surface area contributed by atoms with Gasteiger partial charge in [-0.15, -0.1) is 0 Å². The van der Waals surface area contributed by atoms with Gasteiger partial charge in [0.15, 0.2) is 0 Å². The molecule has 6 heteroatoms. The smallest absolute Gasteiger partial charge is 0.253 e. The first-order chi connectivity index (χ1) is 12.7. The minimum Gasteiger partial charge on any atom is -0.359 e. The van der Waals surface area contributed by atoms with Crippen LogP contribution in [0, 0.1) is 17.8 Å². The van der Waals surface area contributed by atoms with Gasteiger partial charge in [0.05, 0.1) is 5.39 Å². The molecule has 0 spiro atoms. The lowest BCUT2D eigenvalue weighted by molar-refractivity contribution is 0.0768. The Bertz CT molecular complexity index is 941. The highest BCUT2D eigenvalue weighted by atomic mass is 16.2. The summed E-state index contributed by atoms with van der Waals surface area (Å²) < 4.78 is 0. The van der Waals surface area contributed by atoms with E-state index in [9.17, 15) is 4.79 Å². The Morgan fingerprint density at radius 2 is 1.96 bits per heavy atom. The van der Waals surface area contributed by atoms with Gasteiger partial charge in [0.1, 0.15) is 17.8 Å². The van der Waals surface area contributed by atoms with E-state index in [1.807, 2.05) is 47.5 Å². The normalized spacial score (nSPS) is 23.9. The number of carbonyl (C=O) groups is 1. The number of H-pyrrole nitrogens is 1. The summed E-state index contributed by atoms with van der Waals surface area (Å²) in [6.07, 6.45) is 3.51. The van der Waals surface area contributed by atoms with E-state index in [-0.39, 0.29) is 5.91 Å². The molecule has 1 unspecified atom stereocenters. The zero-order valence-electron chi connectivity index (χ0n) is 14.7. The number of carbonyl (C=O) groups excluding carboxylic acids is 1. The quantitative estimate of drug-likeness (QED) is 0.787. The summed E-state index contributed by atoms with van der Waals surface area (Å²) in [6.45, 7) is 2.72. The number of hydrogen-bond donors (Lipinski definition) is 1. The van der Waals surface area contributed by atoms with E-state index in [1.54, 1.807) is 6.33 Å². The molecule has 1 saturated carbocycles. The molecule has 1 amide bonds. The first kappa shape index (κ1) is 15.4. The van der Waals surface area contributed by atoms with Gasteiger partial charge >= 0.3 is 0 Å². The minimum atomic E-state index is 0.162. The summed E-state index contributed by atoms with van der Waals surface area (Å²) >= 11 is 0. The van der Waals surface area contributed by atoms with Crippen LogP contribution < -0.4 is 4.90 Å². The summed E-state index contributed by atoms with van der Waals surface area (Å²) in [5, 5.41) is 1.06. The number of piperidine rings is 1. The molecule has 3 aromatic rings. The third kappa shape index (κ3) is 2.44. The zero-order chi connectivity index (χ0) is 17.7. The predicted molar refractivity (Wildman–Crippen MR) is 100.0 cm³/mol. The molecule has 6 nitrogen and oxygen atoms in total. The van der Waals surface area contributed by atoms with E-state index >= 15 is 0 Å². The zero-order valence-corrected chi connectivity index (χ0v) is 14.7. The number of rotatable bonds is 4. The molecule has 132 valence electrons. The fourth-order valence-corrected chi connectivity index (χ4v) is 4.41. The highest BCUT2D eigenvalue weighted by Gasteiger charge is 2.56. The monoisotopic (exact) mass is 347 g/mol. The van der Waals surface area contributed by atoms with E-state index < -0.39 is 0 Å². The van der Waals surface area contributed by atoms with Crippen LogP contribution in [0.3, 0.4) is 0 Å². The molecule has 5 rings (SSSR count). The topological polar surface area (TPSA) is 65.1 Å². The minimum absolute atomic E-state index is 0.162. The van der Waals surface area contributed by atoms with Gasteiger partial charge in [0.25, 0.3) is 5.91 Å². The molecular weight excluding hydrogens is 326 g/mol. The van der Waals surface area contributed by atoms with Crippen molar-refractivity contribution in [3.05, 3.63) is 54.5 Å². The molecule has 2 fully saturated rings. The van der Waals surface area contributed by atoms with Crippen LogP contribution in [0.4, 0.5) is 5.82 Å². The first-order valence-electron chi connectivity index (χ1n) is 9.06. The number of nitrogens with zero attached hydrogens (tertiary/aromatic N) is 4. The molecule has 3 atom stereocenters. The third-order valence-electron chi connectivity index (χ3n) is 5.86. The highest BCUT2D eigenvalue weighted by molar-refractivity contribution is 5.94. The van der Waals surface area contributed by atoms with E-state index in [2.05, 4.69) is 26.9 Å². The Labute approximate surface area is 151 Å². The molecule has 0 bridgehead atoms. The van der Waals surface area contributed by atoms with Crippen molar-refractivity contribution in [3.63, 3.8) is 0 Å². The fraction of sp³-hybridized carbons (Fsp3) is 0.350. The molecule has 26 heavy (non-hydrogen) atoms. The van der Waals surface area contributed by atoms with Gasteiger partial charge in [-0.05, 0) is 36.0 Å². The molecule has 1 aromatic carbocycles. The molecule has 2 aromatic heterocycles. The Morgan fingerprint density at radius 1 is 1.19 bits per heavy atom. The molecule has 1 aliphatic heterocycles. The fourth-order valence-electron chi connectivity index (χ4n) is 4.41. The van der Waals surface area contributed by atoms with Crippen molar-refractivity contribution < 1.29 is 4.79 Å². The second kappa shape index (κ2) is 5.83. The number of nitrogens with one attached hydrogen (secondary N) is 1. The number of anilines is 1. The molecule has 0 radical (unpaired) electrons. The summed E-state index contributed by atoms with van der Waals surface area (Å²) in [6, 6.07) is 11.6. The standard InChI is InChI=1S/C20H21N5O/c1-24(19-14-7-8-21-18(14)22-12-23-19)9-15-16-10-25(11-17(15)16)20(26)13-5-3-2-4-6-13/h2-8,12,15-17H,9-11H2,1H3,(H,21,22,23)/t15-,16-,17?/m0/s1. The van der Waals surface area contributed by atoms with Crippen LogP contribution in [-0.2, 0) is 0 Å². The summed E-state index contributed by atoms with van der Waals surface area (Å²) in [4.78, 5) is 28.7. The number of amides is 1. The Hall–Kier alpha value is -2.89. The first-order valence-corrected chi connectivity index (χ1v) is 9.06. The van der Waals surface area contributed by atoms with Crippen LogP contribution >= 0.6 is 0 Å². The highest BCUT2D eigenvalue weighted by Crippen LogP contribution is 2.52. The van der Waals surface area contributed by atoms with Crippen LogP contribution in [0.2, 0.25) is 0 Å². The summed E-state index contributed by atoms with van der Waals surface area (Å²) in [5.41, 5.74) is 1.66. The van der Waals surface area contributed by atoms with Crippen LogP contribution in [0.15, 0.2) is 48.9 Å². The average molecular weight is 347 g/mol. The number of benzene rings is 1. The van der Waals surface area contributed by atoms with Crippen molar-refractivity contribution in [1.29, 1.82) is 0 Å². The summed E-state index contributed by atoms with van der Waals surface area (Å²) in [5.74, 6) is 3.01. The van der Waals surface area contributed by atoms with E-state index in [1.165, 1.54) is 0 Å². The molecule has 3 heterocycles. The summed E-state index contributed by atoms with van der Waals surface area (Å²) in [7, 11) is 2.09. The lowest BCUT2D eigenvalue weighted by atomic mass is 10.2. The van der Waals surface area contributed by atoms with E-state index in [4.69, 9.17) is 0 Å². The molecular formula is C20H21N5O.